The van der Waals surface area contributed by atoms with Gasteiger partial charge in [0, 0.05) is 19.0 Å². The van der Waals surface area contributed by atoms with Crippen molar-refractivity contribution in [2.24, 2.45) is 0 Å². The number of aromatic nitrogens is 1. The lowest BCUT2D eigenvalue weighted by Gasteiger charge is -2.13. The summed E-state index contributed by atoms with van der Waals surface area (Å²) >= 11 is 0. The highest BCUT2D eigenvalue weighted by Gasteiger charge is 2.25. The fraction of sp³-hybridized carbons (Fsp3) is 0.118. The topological polar surface area (TPSA) is 25.2 Å². The summed E-state index contributed by atoms with van der Waals surface area (Å²) in [6.07, 6.45) is 0. The Kier molecular flexibility index (Phi) is 2.24. The first kappa shape index (κ1) is 11.3. The molecule has 1 amide bonds. The van der Waals surface area contributed by atoms with E-state index >= 15 is 0 Å². The van der Waals surface area contributed by atoms with Gasteiger partial charge >= 0.3 is 0 Å². The second-order valence-corrected chi connectivity index (χ2v) is 5.21. The minimum atomic E-state index is 0.0670. The molecule has 0 bridgehead atoms. The summed E-state index contributed by atoms with van der Waals surface area (Å²) in [7, 11) is 1.85. The zero-order valence-electron chi connectivity index (χ0n) is 11.2. The number of carbonyl (C=O) groups is 1. The van der Waals surface area contributed by atoms with E-state index in [9.17, 15) is 4.79 Å². The molecule has 1 aliphatic heterocycles. The molecular formula is C17H14N2O. The van der Waals surface area contributed by atoms with Crippen LogP contribution in [0, 0.1) is 0 Å². The van der Waals surface area contributed by atoms with Gasteiger partial charge in [0.25, 0.3) is 5.91 Å². The number of hydrogen-bond acceptors (Lipinski definition) is 1. The molecule has 4 rings (SSSR count). The first-order chi connectivity index (χ1) is 9.75. The van der Waals surface area contributed by atoms with Crippen LogP contribution in [-0.4, -0.2) is 22.4 Å². The van der Waals surface area contributed by atoms with Crippen molar-refractivity contribution in [1.29, 1.82) is 0 Å². The number of fused-ring (bicyclic) bond motifs is 5. The maximum atomic E-state index is 12.6. The van der Waals surface area contributed by atoms with Crippen molar-refractivity contribution in [2.75, 3.05) is 7.05 Å². The minimum absolute atomic E-state index is 0.0670. The van der Waals surface area contributed by atoms with Crippen molar-refractivity contribution in [3.05, 3.63) is 65.9 Å². The highest BCUT2D eigenvalue weighted by molar-refractivity contribution is 6.00. The van der Waals surface area contributed by atoms with Crippen LogP contribution in [0.1, 0.15) is 16.1 Å². The van der Waals surface area contributed by atoms with E-state index in [1.54, 1.807) is 4.90 Å². The summed E-state index contributed by atoms with van der Waals surface area (Å²) in [4.78, 5) is 14.4. The van der Waals surface area contributed by atoms with Crippen LogP contribution >= 0.6 is 0 Å². The number of amides is 1. The van der Waals surface area contributed by atoms with Crippen molar-refractivity contribution >= 4 is 16.8 Å². The van der Waals surface area contributed by atoms with E-state index < -0.39 is 0 Å². The zero-order valence-corrected chi connectivity index (χ0v) is 11.2. The van der Waals surface area contributed by atoms with Gasteiger partial charge in [-0.2, -0.15) is 0 Å². The molecule has 20 heavy (non-hydrogen) atoms. The zero-order chi connectivity index (χ0) is 13.7. The molecule has 1 aromatic heterocycles. The molecule has 0 saturated heterocycles. The normalized spacial score (nSPS) is 14.1. The lowest BCUT2D eigenvalue weighted by molar-refractivity contribution is 0.0782. The number of para-hydroxylation sites is 2. The maximum absolute atomic E-state index is 12.6. The fourth-order valence-corrected chi connectivity index (χ4v) is 2.96. The largest absolute Gasteiger partial charge is 0.336 e. The second-order valence-electron chi connectivity index (χ2n) is 5.21. The van der Waals surface area contributed by atoms with Crippen LogP contribution in [0.4, 0.5) is 0 Å². The molecule has 2 heterocycles. The van der Waals surface area contributed by atoms with Gasteiger partial charge in [-0.1, -0.05) is 36.4 Å². The third-order valence-corrected chi connectivity index (χ3v) is 3.92. The Bertz CT molecular complexity index is 832. The van der Waals surface area contributed by atoms with Crippen molar-refractivity contribution in [3.8, 4) is 5.69 Å². The Morgan fingerprint density at radius 1 is 1.00 bits per heavy atom. The standard InChI is InChI=1S/C17H14N2O/c1-18-11-13-7-3-5-9-15(13)19-14-8-4-2-6-12(14)10-16(19)17(18)20/h2-10H,11H2,1H3. The minimum Gasteiger partial charge on any atom is -0.336 e. The van der Waals surface area contributed by atoms with Gasteiger partial charge in [-0.25, -0.2) is 0 Å². The van der Waals surface area contributed by atoms with Crippen LogP contribution in [0.3, 0.4) is 0 Å². The fourth-order valence-electron chi connectivity index (χ4n) is 2.96. The molecule has 2 aromatic carbocycles. The van der Waals surface area contributed by atoms with E-state index in [0.717, 1.165) is 22.3 Å². The van der Waals surface area contributed by atoms with Gasteiger partial charge < -0.3 is 9.47 Å². The molecule has 3 nitrogen and oxygen atoms in total. The lowest BCUT2D eigenvalue weighted by Crippen LogP contribution is -2.25. The van der Waals surface area contributed by atoms with Gasteiger partial charge in [0.15, 0.2) is 0 Å². The molecule has 0 N–H and O–H groups in total. The molecule has 3 aromatic rings. The average Bonchev–Trinajstić information content (AvgIpc) is 2.81. The van der Waals surface area contributed by atoms with E-state index in [2.05, 4.69) is 22.8 Å². The maximum Gasteiger partial charge on any atom is 0.270 e. The van der Waals surface area contributed by atoms with E-state index in [4.69, 9.17) is 0 Å². The first-order valence-electron chi connectivity index (χ1n) is 6.70. The van der Waals surface area contributed by atoms with Crippen molar-refractivity contribution in [3.63, 3.8) is 0 Å². The summed E-state index contributed by atoms with van der Waals surface area (Å²) in [5.41, 5.74) is 4.09. The number of nitrogens with zero attached hydrogens (tertiary/aromatic N) is 2. The molecule has 0 atom stereocenters. The molecular weight excluding hydrogens is 248 g/mol. The van der Waals surface area contributed by atoms with E-state index in [-0.39, 0.29) is 5.91 Å². The number of rotatable bonds is 0. The van der Waals surface area contributed by atoms with Crippen molar-refractivity contribution in [1.82, 2.24) is 9.47 Å². The lowest BCUT2D eigenvalue weighted by atomic mass is 10.1. The summed E-state index contributed by atoms with van der Waals surface area (Å²) < 4.78 is 2.08. The van der Waals surface area contributed by atoms with Crippen molar-refractivity contribution < 1.29 is 4.79 Å². The monoisotopic (exact) mass is 262 g/mol. The predicted octanol–water partition coefficient (Wildman–Crippen LogP) is 3.22. The molecule has 0 saturated carbocycles. The molecule has 0 aliphatic carbocycles. The smallest absolute Gasteiger partial charge is 0.270 e. The van der Waals surface area contributed by atoms with Crippen LogP contribution in [0.2, 0.25) is 0 Å². The molecule has 3 heteroatoms. The van der Waals surface area contributed by atoms with E-state index in [1.165, 1.54) is 5.56 Å². The summed E-state index contributed by atoms with van der Waals surface area (Å²) in [6, 6.07) is 18.3. The quantitative estimate of drug-likeness (QED) is 0.610. The van der Waals surface area contributed by atoms with Crippen LogP contribution < -0.4 is 0 Å². The Balaban J connectivity index is 2.16. The van der Waals surface area contributed by atoms with E-state index in [1.807, 2.05) is 43.4 Å². The van der Waals surface area contributed by atoms with Crippen LogP contribution in [0.5, 0.6) is 0 Å². The molecule has 0 radical (unpaired) electrons. The van der Waals surface area contributed by atoms with Crippen LogP contribution in [-0.2, 0) is 6.54 Å². The predicted molar refractivity (Wildman–Crippen MR) is 79.1 cm³/mol. The summed E-state index contributed by atoms with van der Waals surface area (Å²) in [6.45, 7) is 0.644. The van der Waals surface area contributed by atoms with E-state index in [0.29, 0.717) is 6.54 Å². The van der Waals surface area contributed by atoms with Crippen LogP contribution in [0.25, 0.3) is 16.6 Å². The Morgan fingerprint density at radius 3 is 2.65 bits per heavy atom. The molecule has 0 unspecified atom stereocenters. The summed E-state index contributed by atoms with van der Waals surface area (Å²) in [5, 5.41) is 1.10. The van der Waals surface area contributed by atoms with Gasteiger partial charge in [-0.05, 0) is 23.8 Å². The average molecular weight is 262 g/mol. The summed E-state index contributed by atoms with van der Waals surface area (Å²) in [5.74, 6) is 0.0670. The highest BCUT2D eigenvalue weighted by Crippen LogP contribution is 2.30. The van der Waals surface area contributed by atoms with Crippen LogP contribution in [0.15, 0.2) is 54.6 Å². The van der Waals surface area contributed by atoms with Gasteiger partial charge in [0.1, 0.15) is 5.69 Å². The Labute approximate surface area is 117 Å². The Morgan fingerprint density at radius 2 is 1.75 bits per heavy atom. The SMILES string of the molecule is CN1Cc2ccccc2-n2c(cc3ccccc32)C1=O. The number of carbonyl (C=O) groups excluding carboxylic acids is 1. The second kappa shape index (κ2) is 3.97. The van der Waals surface area contributed by atoms with Gasteiger partial charge in [0.2, 0.25) is 0 Å². The highest BCUT2D eigenvalue weighted by atomic mass is 16.2. The number of benzene rings is 2. The molecule has 0 fully saturated rings. The van der Waals surface area contributed by atoms with Gasteiger partial charge in [0.05, 0.1) is 11.2 Å². The third-order valence-electron chi connectivity index (χ3n) is 3.92. The van der Waals surface area contributed by atoms with Crippen molar-refractivity contribution in [2.45, 2.75) is 6.54 Å². The first-order valence-corrected chi connectivity index (χ1v) is 6.70. The third kappa shape index (κ3) is 1.43. The number of hydrogen-bond donors (Lipinski definition) is 0. The van der Waals surface area contributed by atoms with Gasteiger partial charge in [-0.3, -0.25) is 4.79 Å². The van der Waals surface area contributed by atoms with Gasteiger partial charge in [-0.15, -0.1) is 0 Å². The molecule has 98 valence electrons. The molecule has 0 spiro atoms. The Hall–Kier alpha value is -2.55. The molecule has 1 aliphatic rings.